The fourth-order valence-electron chi connectivity index (χ4n) is 4.10. The molecule has 0 saturated carbocycles. The number of nitrogens with zero attached hydrogens (tertiary/aromatic N) is 2. The van der Waals surface area contributed by atoms with Gasteiger partial charge in [0, 0.05) is 23.9 Å². The molecular formula is C25H21F3N4O4. The van der Waals surface area contributed by atoms with E-state index in [9.17, 15) is 18.0 Å². The van der Waals surface area contributed by atoms with Gasteiger partial charge in [0.1, 0.15) is 22.7 Å². The van der Waals surface area contributed by atoms with Gasteiger partial charge in [-0.25, -0.2) is 9.97 Å². The van der Waals surface area contributed by atoms with Gasteiger partial charge in [-0.2, -0.15) is 13.2 Å². The zero-order valence-corrected chi connectivity index (χ0v) is 19.1. The van der Waals surface area contributed by atoms with Gasteiger partial charge in [0.05, 0.1) is 20.3 Å². The molecule has 8 nitrogen and oxygen atoms in total. The van der Waals surface area contributed by atoms with Crippen LogP contribution in [0.1, 0.15) is 33.1 Å². The molecule has 1 aliphatic rings. The van der Waals surface area contributed by atoms with Crippen molar-refractivity contribution >= 4 is 16.8 Å². The Morgan fingerprint density at radius 3 is 2.75 bits per heavy atom. The Morgan fingerprint density at radius 1 is 1.17 bits per heavy atom. The molecule has 0 atom stereocenters. The minimum atomic E-state index is -4.62. The monoisotopic (exact) mass is 498 g/mol. The summed E-state index contributed by atoms with van der Waals surface area (Å²) >= 11 is 0. The normalized spacial score (nSPS) is 12.9. The van der Waals surface area contributed by atoms with Crippen LogP contribution in [0.15, 0.2) is 46.9 Å². The minimum absolute atomic E-state index is 0.000771. The van der Waals surface area contributed by atoms with Crippen LogP contribution >= 0.6 is 0 Å². The van der Waals surface area contributed by atoms with Crippen molar-refractivity contribution in [2.75, 3.05) is 13.7 Å². The van der Waals surface area contributed by atoms with Crippen molar-refractivity contribution in [3.63, 3.8) is 0 Å². The molecule has 11 heteroatoms. The maximum Gasteiger partial charge on any atom is 0.433 e. The van der Waals surface area contributed by atoms with Crippen LogP contribution in [0.2, 0.25) is 0 Å². The first-order chi connectivity index (χ1) is 17.3. The number of fused-ring (bicyclic) bond motifs is 2. The molecule has 186 valence electrons. The Balaban J connectivity index is 1.46. The molecule has 0 unspecified atom stereocenters. The quantitative estimate of drug-likeness (QED) is 0.409. The highest BCUT2D eigenvalue weighted by Gasteiger charge is 2.33. The van der Waals surface area contributed by atoms with Crippen LogP contribution in [0.25, 0.3) is 22.4 Å². The van der Waals surface area contributed by atoms with E-state index >= 15 is 0 Å². The lowest BCUT2D eigenvalue weighted by Crippen LogP contribution is -2.24. The minimum Gasteiger partial charge on any atom is -0.494 e. The van der Waals surface area contributed by atoms with Gasteiger partial charge < -0.3 is 24.9 Å². The largest absolute Gasteiger partial charge is 0.494 e. The standard InChI is InChI=1S/C25H21F3N4O4/c1-34-18-6-3-16(15-4-7-20(25(26,27)28)31-21(15)18)24-32-22(19(11-29)36-24)23(33)30-12-13-2-5-17-14(10-13)8-9-35-17/h2-7,10H,8-9,11-12,29H2,1H3,(H,30,33). The Labute approximate surface area is 203 Å². The van der Waals surface area contributed by atoms with Crippen molar-refractivity contribution < 1.29 is 31.9 Å². The summed E-state index contributed by atoms with van der Waals surface area (Å²) in [6.07, 6.45) is -3.81. The lowest BCUT2D eigenvalue weighted by molar-refractivity contribution is -0.140. The molecule has 0 saturated heterocycles. The molecule has 0 radical (unpaired) electrons. The fourth-order valence-corrected chi connectivity index (χ4v) is 4.10. The topological polar surface area (TPSA) is 112 Å². The van der Waals surface area contributed by atoms with E-state index in [2.05, 4.69) is 15.3 Å². The summed E-state index contributed by atoms with van der Waals surface area (Å²) in [5.41, 5.74) is 7.06. The Kier molecular flexibility index (Phi) is 6.00. The van der Waals surface area contributed by atoms with Crippen molar-refractivity contribution in [3.05, 3.63) is 70.7 Å². The van der Waals surface area contributed by atoms with E-state index in [1.165, 1.54) is 19.2 Å². The number of ether oxygens (including phenoxy) is 2. The Morgan fingerprint density at radius 2 is 2.00 bits per heavy atom. The Bertz CT molecular complexity index is 1470. The summed E-state index contributed by atoms with van der Waals surface area (Å²) in [6.45, 7) is 0.796. The molecular weight excluding hydrogens is 477 g/mol. The zero-order chi connectivity index (χ0) is 25.4. The first-order valence-electron chi connectivity index (χ1n) is 11.1. The van der Waals surface area contributed by atoms with Gasteiger partial charge in [0.15, 0.2) is 11.5 Å². The van der Waals surface area contributed by atoms with Gasteiger partial charge in [0.25, 0.3) is 5.91 Å². The third-order valence-electron chi connectivity index (χ3n) is 5.87. The average molecular weight is 498 g/mol. The van der Waals surface area contributed by atoms with E-state index in [-0.39, 0.29) is 41.7 Å². The molecule has 4 aromatic rings. The number of benzene rings is 2. The van der Waals surface area contributed by atoms with Gasteiger partial charge in [-0.05, 0) is 41.5 Å². The molecule has 36 heavy (non-hydrogen) atoms. The van der Waals surface area contributed by atoms with Crippen molar-refractivity contribution in [1.82, 2.24) is 15.3 Å². The lowest BCUT2D eigenvalue weighted by atomic mass is 10.1. The molecule has 3 N–H and O–H groups in total. The highest BCUT2D eigenvalue weighted by molar-refractivity contribution is 5.98. The van der Waals surface area contributed by atoms with Crippen molar-refractivity contribution in [2.24, 2.45) is 5.73 Å². The lowest BCUT2D eigenvalue weighted by Gasteiger charge is -2.11. The van der Waals surface area contributed by atoms with E-state index in [0.29, 0.717) is 17.6 Å². The highest BCUT2D eigenvalue weighted by Crippen LogP contribution is 2.37. The number of rotatable bonds is 6. The van der Waals surface area contributed by atoms with Crippen LogP contribution in [-0.4, -0.2) is 29.6 Å². The van der Waals surface area contributed by atoms with E-state index in [1.807, 2.05) is 18.2 Å². The molecule has 5 rings (SSSR count). The second-order valence-corrected chi connectivity index (χ2v) is 8.12. The van der Waals surface area contributed by atoms with Crippen molar-refractivity contribution in [3.8, 4) is 23.0 Å². The summed E-state index contributed by atoms with van der Waals surface area (Å²) in [5, 5.41) is 3.13. The second kappa shape index (κ2) is 9.15. The number of aromatic nitrogens is 2. The van der Waals surface area contributed by atoms with Crippen LogP contribution in [0.3, 0.4) is 0 Å². The molecule has 1 amide bonds. The van der Waals surface area contributed by atoms with E-state index in [1.54, 1.807) is 6.07 Å². The number of pyridine rings is 1. The number of alkyl halides is 3. The number of nitrogens with one attached hydrogen (secondary N) is 1. The maximum atomic E-state index is 13.2. The van der Waals surface area contributed by atoms with E-state index < -0.39 is 17.8 Å². The summed E-state index contributed by atoms with van der Waals surface area (Å²) < 4.78 is 56.1. The number of halogens is 3. The smallest absolute Gasteiger partial charge is 0.433 e. The number of amides is 1. The number of methoxy groups -OCH3 is 1. The maximum absolute atomic E-state index is 13.2. The van der Waals surface area contributed by atoms with Crippen LogP contribution in [0.5, 0.6) is 11.5 Å². The third kappa shape index (κ3) is 4.33. The number of carbonyl (C=O) groups is 1. The van der Waals surface area contributed by atoms with Crippen molar-refractivity contribution in [1.29, 1.82) is 0 Å². The SMILES string of the molecule is COc1ccc(-c2nc(C(=O)NCc3ccc4c(c3)CCO4)c(CN)o2)c2ccc(C(F)(F)F)nc12. The second-order valence-electron chi connectivity index (χ2n) is 8.12. The fraction of sp³-hybridized carbons (Fsp3) is 0.240. The predicted molar refractivity (Wildman–Crippen MR) is 123 cm³/mol. The molecule has 0 aliphatic carbocycles. The number of oxazole rings is 1. The highest BCUT2D eigenvalue weighted by atomic mass is 19.4. The van der Waals surface area contributed by atoms with Gasteiger partial charge in [-0.3, -0.25) is 4.79 Å². The first kappa shape index (κ1) is 23.6. The molecule has 1 aliphatic heterocycles. The van der Waals surface area contributed by atoms with Crippen LogP contribution < -0.4 is 20.5 Å². The van der Waals surface area contributed by atoms with Crippen LogP contribution in [0, 0.1) is 0 Å². The van der Waals surface area contributed by atoms with Crippen LogP contribution in [0.4, 0.5) is 13.2 Å². The molecule has 3 heterocycles. The summed E-state index contributed by atoms with van der Waals surface area (Å²) in [6, 6.07) is 10.9. The number of hydrogen-bond donors (Lipinski definition) is 2. The van der Waals surface area contributed by atoms with Gasteiger partial charge in [-0.1, -0.05) is 12.1 Å². The van der Waals surface area contributed by atoms with Gasteiger partial charge in [-0.15, -0.1) is 0 Å². The van der Waals surface area contributed by atoms with Gasteiger partial charge in [0.2, 0.25) is 5.89 Å². The average Bonchev–Trinajstić information content (AvgIpc) is 3.52. The summed E-state index contributed by atoms with van der Waals surface area (Å²) in [7, 11) is 1.34. The number of hydrogen-bond acceptors (Lipinski definition) is 7. The molecule has 0 fully saturated rings. The zero-order valence-electron chi connectivity index (χ0n) is 19.1. The summed E-state index contributed by atoms with van der Waals surface area (Å²) in [5.74, 6) is 0.694. The predicted octanol–water partition coefficient (Wildman–Crippen LogP) is 4.24. The van der Waals surface area contributed by atoms with Crippen LogP contribution in [-0.2, 0) is 25.7 Å². The number of carbonyl (C=O) groups excluding carboxylic acids is 1. The third-order valence-corrected chi connectivity index (χ3v) is 5.87. The van der Waals surface area contributed by atoms with Crippen molar-refractivity contribution in [2.45, 2.75) is 25.7 Å². The molecule has 2 aromatic heterocycles. The summed E-state index contributed by atoms with van der Waals surface area (Å²) in [4.78, 5) is 21.0. The molecule has 2 aromatic carbocycles. The molecule has 0 spiro atoms. The van der Waals surface area contributed by atoms with E-state index in [0.717, 1.165) is 29.4 Å². The Hall–Kier alpha value is -4.12. The van der Waals surface area contributed by atoms with Gasteiger partial charge >= 0.3 is 6.18 Å². The van der Waals surface area contributed by atoms with E-state index in [4.69, 9.17) is 19.6 Å². The first-order valence-corrected chi connectivity index (χ1v) is 11.1. The number of nitrogens with two attached hydrogens (primary N) is 1. The molecule has 0 bridgehead atoms.